The van der Waals surface area contributed by atoms with Gasteiger partial charge >= 0.3 is 0 Å². The first kappa shape index (κ1) is 21.3. The SMILES string of the molecule is CCc1cc(N2CCC(NC(=O)C3CSCN3)CC2)ncn1.Cl.Cl. The third-order valence-electron chi connectivity index (χ3n) is 4.27. The van der Waals surface area contributed by atoms with Gasteiger partial charge in [-0.3, -0.25) is 10.1 Å². The Labute approximate surface area is 159 Å². The number of carbonyl (C=O) groups excluding carboxylic acids is 1. The summed E-state index contributed by atoms with van der Waals surface area (Å²) in [6.45, 7) is 3.96. The van der Waals surface area contributed by atoms with Crippen LogP contribution < -0.4 is 15.5 Å². The quantitative estimate of drug-likeness (QED) is 0.809. The maximum Gasteiger partial charge on any atom is 0.238 e. The number of aryl methyl sites for hydroxylation is 1. The van der Waals surface area contributed by atoms with E-state index in [9.17, 15) is 4.79 Å². The molecule has 0 aliphatic carbocycles. The normalized spacial score (nSPS) is 20.9. The Balaban J connectivity index is 0.00000144. The highest BCUT2D eigenvalue weighted by atomic mass is 35.5. The number of halogens is 2. The minimum atomic E-state index is -0.0167. The van der Waals surface area contributed by atoms with Gasteiger partial charge < -0.3 is 10.2 Å². The highest BCUT2D eigenvalue weighted by Crippen LogP contribution is 2.19. The van der Waals surface area contributed by atoms with Crippen LogP contribution in [0.4, 0.5) is 5.82 Å². The van der Waals surface area contributed by atoms with Crippen molar-refractivity contribution in [1.29, 1.82) is 0 Å². The molecule has 0 bridgehead atoms. The van der Waals surface area contributed by atoms with E-state index in [4.69, 9.17) is 0 Å². The van der Waals surface area contributed by atoms with Crippen molar-refractivity contribution in [3.63, 3.8) is 0 Å². The number of anilines is 1. The fourth-order valence-corrected chi connectivity index (χ4v) is 3.81. The van der Waals surface area contributed by atoms with E-state index in [2.05, 4.69) is 38.5 Å². The van der Waals surface area contributed by atoms with Crippen molar-refractivity contribution >= 4 is 48.3 Å². The molecular weight excluding hydrogens is 369 g/mol. The van der Waals surface area contributed by atoms with Crippen molar-refractivity contribution in [3.05, 3.63) is 18.1 Å². The lowest BCUT2D eigenvalue weighted by atomic mass is 10.0. The van der Waals surface area contributed by atoms with Crippen molar-refractivity contribution in [2.45, 2.75) is 38.3 Å². The van der Waals surface area contributed by atoms with Gasteiger partial charge in [-0.1, -0.05) is 6.92 Å². The number of amides is 1. The standard InChI is InChI=1S/C15H23N5OS.2ClH/c1-2-11-7-14(17-9-16-11)20-5-3-12(4-6-20)19-15(21)13-8-22-10-18-13;;/h7,9,12-13,18H,2-6,8,10H2,1H3,(H,19,21);2*1H. The van der Waals surface area contributed by atoms with E-state index in [0.717, 1.165) is 55.5 Å². The molecule has 24 heavy (non-hydrogen) atoms. The van der Waals surface area contributed by atoms with Gasteiger partial charge in [-0.05, 0) is 19.3 Å². The summed E-state index contributed by atoms with van der Waals surface area (Å²) in [5.41, 5.74) is 1.07. The number of nitrogens with one attached hydrogen (secondary N) is 2. The zero-order chi connectivity index (χ0) is 15.4. The van der Waals surface area contributed by atoms with E-state index in [1.165, 1.54) is 0 Å². The highest BCUT2D eigenvalue weighted by Gasteiger charge is 2.27. The molecule has 2 saturated heterocycles. The zero-order valence-electron chi connectivity index (χ0n) is 13.7. The van der Waals surface area contributed by atoms with E-state index in [1.807, 2.05) is 0 Å². The van der Waals surface area contributed by atoms with Crippen molar-refractivity contribution in [2.75, 3.05) is 29.6 Å². The van der Waals surface area contributed by atoms with E-state index >= 15 is 0 Å². The van der Waals surface area contributed by atoms with Crippen molar-refractivity contribution in [1.82, 2.24) is 20.6 Å². The third kappa shape index (κ3) is 5.37. The Hall–Kier alpha value is -0.760. The summed E-state index contributed by atoms with van der Waals surface area (Å²) in [4.78, 5) is 23.0. The molecule has 1 aromatic rings. The fraction of sp³-hybridized carbons (Fsp3) is 0.667. The second-order valence-corrected chi connectivity index (χ2v) is 6.79. The maximum absolute atomic E-state index is 12.1. The van der Waals surface area contributed by atoms with Crippen LogP contribution in [-0.2, 0) is 11.2 Å². The maximum atomic E-state index is 12.1. The lowest BCUT2D eigenvalue weighted by Crippen LogP contribution is -2.50. The molecule has 3 rings (SSSR count). The van der Waals surface area contributed by atoms with Crippen molar-refractivity contribution in [3.8, 4) is 0 Å². The average Bonchev–Trinajstić information content (AvgIpc) is 3.10. The van der Waals surface area contributed by atoms with Gasteiger partial charge in [0.05, 0.1) is 6.04 Å². The number of carbonyl (C=O) groups is 1. The number of aromatic nitrogens is 2. The molecule has 2 N–H and O–H groups in total. The molecule has 2 fully saturated rings. The lowest BCUT2D eigenvalue weighted by molar-refractivity contribution is -0.123. The topological polar surface area (TPSA) is 70.2 Å². The van der Waals surface area contributed by atoms with Gasteiger partial charge in [-0.15, -0.1) is 36.6 Å². The third-order valence-corrected chi connectivity index (χ3v) is 5.21. The summed E-state index contributed by atoms with van der Waals surface area (Å²) >= 11 is 1.78. The minimum Gasteiger partial charge on any atom is -0.356 e. The molecule has 9 heteroatoms. The van der Waals surface area contributed by atoms with Gasteiger partial charge in [0.1, 0.15) is 12.1 Å². The Kier molecular flexibility index (Phi) is 9.12. The van der Waals surface area contributed by atoms with Crippen LogP contribution in [0.3, 0.4) is 0 Å². The van der Waals surface area contributed by atoms with Gasteiger partial charge in [0.15, 0.2) is 0 Å². The Bertz CT molecular complexity index is 522. The van der Waals surface area contributed by atoms with E-state index < -0.39 is 0 Å². The summed E-state index contributed by atoms with van der Waals surface area (Å²) < 4.78 is 0. The van der Waals surface area contributed by atoms with Crippen LogP contribution in [0.1, 0.15) is 25.5 Å². The Morgan fingerprint density at radius 2 is 2.12 bits per heavy atom. The molecular formula is C15H25Cl2N5OS. The molecule has 6 nitrogen and oxygen atoms in total. The largest absolute Gasteiger partial charge is 0.356 e. The lowest BCUT2D eigenvalue weighted by Gasteiger charge is -2.33. The van der Waals surface area contributed by atoms with Gasteiger partial charge in [0.25, 0.3) is 0 Å². The summed E-state index contributed by atoms with van der Waals surface area (Å²) in [7, 11) is 0. The molecule has 1 atom stereocenters. The first-order valence-corrected chi connectivity index (χ1v) is 9.09. The monoisotopic (exact) mass is 393 g/mol. The van der Waals surface area contributed by atoms with E-state index in [0.29, 0.717) is 0 Å². The molecule has 3 heterocycles. The molecule has 2 aliphatic rings. The number of nitrogens with zero attached hydrogens (tertiary/aromatic N) is 3. The highest BCUT2D eigenvalue weighted by molar-refractivity contribution is 7.99. The predicted octanol–water partition coefficient (Wildman–Crippen LogP) is 1.63. The number of rotatable bonds is 4. The van der Waals surface area contributed by atoms with Gasteiger partial charge in [-0.2, -0.15) is 0 Å². The molecule has 2 aliphatic heterocycles. The Morgan fingerprint density at radius 1 is 1.38 bits per heavy atom. The van der Waals surface area contributed by atoms with Crippen molar-refractivity contribution in [2.24, 2.45) is 0 Å². The molecule has 0 aromatic carbocycles. The second-order valence-electron chi connectivity index (χ2n) is 5.76. The molecule has 0 radical (unpaired) electrons. The average molecular weight is 394 g/mol. The van der Waals surface area contributed by atoms with Gasteiger partial charge in [-0.25, -0.2) is 9.97 Å². The van der Waals surface area contributed by atoms with Crippen LogP contribution >= 0.6 is 36.6 Å². The fourth-order valence-electron chi connectivity index (χ4n) is 2.87. The van der Waals surface area contributed by atoms with Crippen LogP contribution in [-0.4, -0.2) is 52.7 Å². The van der Waals surface area contributed by atoms with Crippen molar-refractivity contribution < 1.29 is 4.79 Å². The van der Waals surface area contributed by atoms with Crippen LogP contribution in [0, 0.1) is 0 Å². The summed E-state index contributed by atoms with van der Waals surface area (Å²) in [6.07, 6.45) is 4.51. The van der Waals surface area contributed by atoms with Crippen LogP contribution in [0.15, 0.2) is 12.4 Å². The predicted molar refractivity (Wildman–Crippen MR) is 104 cm³/mol. The van der Waals surface area contributed by atoms with E-state index in [1.54, 1.807) is 18.1 Å². The molecule has 1 unspecified atom stereocenters. The van der Waals surface area contributed by atoms with Gasteiger partial charge in [0, 0.05) is 42.5 Å². The summed E-state index contributed by atoms with van der Waals surface area (Å²) in [6, 6.07) is 2.33. The van der Waals surface area contributed by atoms with Crippen LogP contribution in [0.2, 0.25) is 0 Å². The first-order valence-electron chi connectivity index (χ1n) is 7.93. The molecule has 136 valence electrons. The second kappa shape index (κ2) is 10.3. The zero-order valence-corrected chi connectivity index (χ0v) is 16.2. The van der Waals surface area contributed by atoms with E-state index in [-0.39, 0.29) is 42.8 Å². The minimum absolute atomic E-state index is 0. The molecule has 1 amide bonds. The number of hydrogen-bond acceptors (Lipinski definition) is 6. The number of piperidine rings is 1. The molecule has 1 aromatic heterocycles. The first-order chi connectivity index (χ1) is 10.8. The van der Waals surface area contributed by atoms with Crippen LogP contribution in [0.25, 0.3) is 0 Å². The number of hydrogen-bond donors (Lipinski definition) is 2. The molecule has 0 spiro atoms. The Morgan fingerprint density at radius 3 is 2.75 bits per heavy atom. The smallest absolute Gasteiger partial charge is 0.238 e. The summed E-state index contributed by atoms with van der Waals surface area (Å²) in [5, 5.41) is 6.40. The number of thioether (sulfide) groups is 1. The molecule has 0 saturated carbocycles. The van der Waals surface area contributed by atoms with Gasteiger partial charge in [0.2, 0.25) is 5.91 Å². The summed E-state index contributed by atoms with van der Waals surface area (Å²) in [5.74, 6) is 2.92. The van der Waals surface area contributed by atoms with Crippen LogP contribution in [0.5, 0.6) is 0 Å².